The Morgan fingerprint density at radius 2 is 2.10 bits per heavy atom. The number of carboxylic acid groups (broad SMARTS) is 1. The Morgan fingerprint density at radius 1 is 1.45 bits per heavy atom. The molecule has 0 radical (unpaired) electrons. The van der Waals surface area contributed by atoms with Crippen LogP contribution >= 0.6 is 0 Å². The van der Waals surface area contributed by atoms with Gasteiger partial charge < -0.3 is 14.8 Å². The summed E-state index contributed by atoms with van der Waals surface area (Å²) in [5.41, 5.74) is 0.188. The number of nitrogens with zero attached hydrogens (tertiary/aromatic N) is 1. The Bertz CT molecular complexity index is 468. The molecule has 1 saturated carbocycles. The zero-order valence-electron chi connectivity index (χ0n) is 12.5. The zero-order chi connectivity index (χ0) is 14.8. The number of aromatic nitrogens is 1. The van der Waals surface area contributed by atoms with Crippen LogP contribution in [0.15, 0.2) is 10.8 Å². The number of carboxylic acids is 1. The van der Waals surface area contributed by atoms with Crippen LogP contribution in [0.4, 0.5) is 0 Å². The number of hydrogen-bond donors (Lipinski definition) is 2. The van der Waals surface area contributed by atoms with Crippen molar-refractivity contribution in [2.75, 3.05) is 6.54 Å². The molecule has 0 atom stereocenters. The minimum Gasteiger partial charge on any atom is -0.481 e. The molecular weight excluding hydrogens is 256 g/mol. The first-order valence-corrected chi connectivity index (χ1v) is 7.22. The summed E-state index contributed by atoms with van der Waals surface area (Å²) in [5, 5.41) is 12.7. The molecule has 112 valence electrons. The molecule has 1 aromatic rings. The lowest BCUT2D eigenvalue weighted by Crippen LogP contribution is -2.38. The third-order valence-corrected chi connectivity index (χ3v) is 4.09. The van der Waals surface area contributed by atoms with Gasteiger partial charge in [0.1, 0.15) is 5.76 Å². The Morgan fingerprint density at radius 3 is 2.65 bits per heavy atom. The van der Waals surface area contributed by atoms with Gasteiger partial charge in [0, 0.05) is 18.5 Å². The van der Waals surface area contributed by atoms with Crippen LogP contribution in [0.5, 0.6) is 0 Å². The second-order valence-electron chi connectivity index (χ2n) is 6.77. The summed E-state index contributed by atoms with van der Waals surface area (Å²) in [5.74, 6) is 0.180. The van der Waals surface area contributed by atoms with Crippen LogP contribution in [-0.4, -0.2) is 22.6 Å². The van der Waals surface area contributed by atoms with Gasteiger partial charge in [-0.3, -0.25) is 4.79 Å². The van der Waals surface area contributed by atoms with E-state index in [2.05, 4.69) is 31.1 Å². The second-order valence-corrected chi connectivity index (χ2v) is 6.77. The predicted molar refractivity (Wildman–Crippen MR) is 75.4 cm³/mol. The SMILES string of the molecule is CC(C)(C)c1ocnc1CNCC1(C(=O)O)CCCC1. The normalized spacial score (nSPS) is 18.4. The first kappa shape index (κ1) is 15.0. The van der Waals surface area contributed by atoms with Crippen molar-refractivity contribution in [1.29, 1.82) is 0 Å². The molecule has 1 aliphatic carbocycles. The fourth-order valence-electron chi connectivity index (χ4n) is 2.94. The van der Waals surface area contributed by atoms with Crippen molar-refractivity contribution in [3.63, 3.8) is 0 Å². The largest absolute Gasteiger partial charge is 0.481 e. The maximum Gasteiger partial charge on any atom is 0.310 e. The van der Waals surface area contributed by atoms with Crippen molar-refractivity contribution >= 4 is 5.97 Å². The molecule has 0 unspecified atom stereocenters. The molecule has 5 nitrogen and oxygen atoms in total. The Kier molecular flexibility index (Phi) is 4.18. The molecule has 20 heavy (non-hydrogen) atoms. The summed E-state index contributed by atoms with van der Waals surface area (Å²) in [7, 11) is 0. The molecule has 5 heteroatoms. The van der Waals surface area contributed by atoms with Crippen LogP contribution < -0.4 is 5.32 Å². The average molecular weight is 280 g/mol. The molecule has 0 aromatic carbocycles. The molecule has 1 heterocycles. The van der Waals surface area contributed by atoms with Gasteiger partial charge in [0.2, 0.25) is 0 Å². The molecule has 0 saturated heterocycles. The van der Waals surface area contributed by atoms with Crippen molar-refractivity contribution in [3.05, 3.63) is 17.8 Å². The van der Waals surface area contributed by atoms with Gasteiger partial charge in [-0.05, 0) is 12.8 Å². The van der Waals surface area contributed by atoms with Gasteiger partial charge in [0.25, 0.3) is 0 Å². The van der Waals surface area contributed by atoms with E-state index >= 15 is 0 Å². The van der Waals surface area contributed by atoms with Crippen LogP contribution in [0.2, 0.25) is 0 Å². The first-order chi connectivity index (χ1) is 9.35. The van der Waals surface area contributed by atoms with Crippen molar-refractivity contribution in [1.82, 2.24) is 10.3 Å². The molecule has 0 spiro atoms. The number of oxazole rings is 1. The van der Waals surface area contributed by atoms with Gasteiger partial charge in [0.05, 0.1) is 11.1 Å². The summed E-state index contributed by atoms with van der Waals surface area (Å²) >= 11 is 0. The number of nitrogens with one attached hydrogen (secondary N) is 1. The smallest absolute Gasteiger partial charge is 0.310 e. The number of hydrogen-bond acceptors (Lipinski definition) is 4. The monoisotopic (exact) mass is 280 g/mol. The molecule has 1 fully saturated rings. The van der Waals surface area contributed by atoms with Crippen LogP contribution in [0.25, 0.3) is 0 Å². The highest BCUT2D eigenvalue weighted by atomic mass is 16.4. The molecule has 0 amide bonds. The Balaban J connectivity index is 1.96. The van der Waals surface area contributed by atoms with Gasteiger partial charge in [-0.2, -0.15) is 0 Å². The number of rotatable bonds is 5. The minimum atomic E-state index is -0.682. The fourth-order valence-corrected chi connectivity index (χ4v) is 2.94. The number of aliphatic carboxylic acids is 1. The van der Waals surface area contributed by atoms with E-state index in [1.54, 1.807) is 0 Å². The lowest BCUT2D eigenvalue weighted by atomic mass is 9.86. The molecule has 1 aromatic heterocycles. The van der Waals surface area contributed by atoms with Gasteiger partial charge >= 0.3 is 5.97 Å². The predicted octanol–water partition coefficient (Wildman–Crippen LogP) is 2.71. The van der Waals surface area contributed by atoms with Gasteiger partial charge in [-0.1, -0.05) is 33.6 Å². The van der Waals surface area contributed by atoms with Crippen molar-refractivity contribution < 1.29 is 14.3 Å². The first-order valence-electron chi connectivity index (χ1n) is 7.22. The summed E-state index contributed by atoms with van der Waals surface area (Å²) in [6.07, 6.45) is 5.00. The van der Waals surface area contributed by atoms with Crippen LogP contribution in [0, 0.1) is 5.41 Å². The maximum atomic E-state index is 11.5. The van der Waals surface area contributed by atoms with E-state index in [1.165, 1.54) is 6.39 Å². The maximum absolute atomic E-state index is 11.5. The van der Waals surface area contributed by atoms with E-state index in [0.29, 0.717) is 13.1 Å². The van der Waals surface area contributed by atoms with E-state index in [4.69, 9.17) is 4.42 Å². The van der Waals surface area contributed by atoms with Crippen LogP contribution in [-0.2, 0) is 16.8 Å². The minimum absolute atomic E-state index is 0.0919. The van der Waals surface area contributed by atoms with E-state index in [9.17, 15) is 9.90 Å². The van der Waals surface area contributed by atoms with Gasteiger partial charge in [0.15, 0.2) is 6.39 Å². The summed E-state index contributed by atoms with van der Waals surface area (Å²) < 4.78 is 5.46. The summed E-state index contributed by atoms with van der Waals surface area (Å²) in [4.78, 5) is 15.7. The lowest BCUT2D eigenvalue weighted by Gasteiger charge is -2.24. The average Bonchev–Trinajstić information content (AvgIpc) is 2.97. The van der Waals surface area contributed by atoms with Crippen molar-refractivity contribution in [3.8, 4) is 0 Å². The zero-order valence-corrected chi connectivity index (χ0v) is 12.5. The molecular formula is C15H24N2O3. The molecule has 0 aliphatic heterocycles. The third kappa shape index (κ3) is 3.03. The quantitative estimate of drug-likeness (QED) is 0.867. The highest BCUT2D eigenvalue weighted by Crippen LogP contribution is 2.37. The third-order valence-electron chi connectivity index (χ3n) is 4.09. The van der Waals surface area contributed by atoms with Gasteiger partial charge in [-0.25, -0.2) is 4.98 Å². The van der Waals surface area contributed by atoms with E-state index in [-0.39, 0.29) is 5.41 Å². The van der Waals surface area contributed by atoms with E-state index in [0.717, 1.165) is 37.1 Å². The van der Waals surface area contributed by atoms with Crippen molar-refractivity contribution in [2.24, 2.45) is 5.41 Å². The molecule has 2 N–H and O–H groups in total. The lowest BCUT2D eigenvalue weighted by molar-refractivity contribution is -0.148. The topological polar surface area (TPSA) is 75.4 Å². The fraction of sp³-hybridized carbons (Fsp3) is 0.733. The Labute approximate surface area is 119 Å². The number of carbonyl (C=O) groups is 1. The van der Waals surface area contributed by atoms with Gasteiger partial charge in [-0.15, -0.1) is 0 Å². The van der Waals surface area contributed by atoms with E-state index in [1.807, 2.05) is 0 Å². The van der Waals surface area contributed by atoms with Crippen LogP contribution in [0.3, 0.4) is 0 Å². The molecule has 1 aliphatic rings. The summed E-state index contributed by atoms with van der Waals surface area (Å²) in [6, 6.07) is 0. The Hall–Kier alpha value is -1.36. The highest BCUT2D eigenvalue weighted by Gasteiger charge is 2.40. The van der Waals surface area contributed by atoms with Crippen LogP contribution in [0.1, 0.15) is 57.9 Å². The molecule has 2 rings (SSSR count). The van der Waals surface area contributed by atoms with Crippen molar-refractivity contribution in [2.45, 2.75) is 58.4 Å². The molecule has 0 bridgehead atoms. The standard InChI is InChI=1S/C15H24N2O3/c1-14(2,3)12-11(17-10-20-12)8-16-9-15(13(18)19)6-4-5-7-15/h10,16H,4-9H2,1-3H3,(H,18,19). The van der Waals surface area contributed by atoms with E-state index < -0.39 is 11.4 Å². The second kappa shape index (κ2) is 5.56. The highest BCUT2D eigenvalue weighted by molar-refractivity contribution is 5.75. The summed E-state index contributed by atoms with van der Waals surface area (Å²) in [6.45, 7) is 7.28.